The fraction of sp³-hybridized carbons (Fsp3) is 1.00. The Morgan fingerprint density at radius 3 is 0.870 bits per heavy atom. The maximum Gasteiger partial charge on any atom is 0.921 e. The normalized spacial score (nSPS) is 12.8. The molecule has 0 amide bonds. The fourth-order valence-corrected chi connectivity index (χ4v) is 11.8. The molecule has 0 heterocycles. The van der Waals surface area contributed by atoms with Crippen molar-refractivity contribution >= 4 is 37.3 Å². The SMILES string of the molecule is CCP(=O)(CC)[O][Al]([O]P(=O)(CC)CC)[O]P(=O)(CC)CC.O. The molecule has 0 saturated heterocycles. The van der Waals surface area contributed by atoms with Crippen molar-refractivity contribution in [2.75, 3.05) is 37.0 Å². The number of hydrogen-bond donors (Lipinski definition) is 0. The molecule has 0 fully saturated rings. The van der Waals surface area contributed by atoms with Gasteiger partial charge in [0.25, 0.3) is 0 Å². The van der Waals surface area contributed by atoms with Crippen LogP contribution in [0.4, 0.5) is 0 Å². The van der Waals surface area contributed by atoms with E-state index in [1.807, 2.05) is 0 Å². The smallest absolute Gasteiger partial charge is 0.412 e. The van der Waals surface area contributed by atoms with Crippen LogP contribution in [0.1, 0.15) is 41.5 Å². The second-order valence-corrected chi connectivity index (χ2v) is 16.7. The first-order chi connectivity index (χ1) is 10.1. The molecule has 0 radical (unpaired) electrons. The van der Waals surface area contributed by atoms with Crippen LogP contribution in [0, 0.1) is 0 Å². The zero-order valence-electron chi connectivity index (χ0n) is 15.1. The Bertz CT molecular complexity index is 381. The zero-order valence-corrected chi connectivity index (χ0v) is 18.9. The molecule has 0 atom stereocenters. The van der Waals surface area contributed by atoms with Crippen LogP contribution in [-0.2, 0) is 24.4 Å². The second-order valence-electron chi connectivity index (χ2n) is 4.95. The lowest BCUT2D eigenvalue weighted by Gasteiger charge is -2.26. The first-order valence-corrected chi connectivity index (χ1v) is 15.3. The van der Waals surface area contributed by atoms with Gasteiger partial charge in [-0.1, -0.05) is 41.5 Å². The summed E-state index contributed by atoms with van der Waals surface area (Å²) in [6.45, 7) is 10.6. The summed E-state index contributed by atoms with van der Waals surface area (Å²) in [5.74, 6) is 0. The highest BCUT2D eigenvalue weighted by atomic mass is 31.2. The summed E-state index contributed by atoms with van der Waals surface area (Å²) in [5.41, 5.74) is 0. The molecule has 0 saturated carbocycles. The molecule has 0 rings (SSSR count). The predicted octanol–water partition coefficient (Wildman–Crippen LogP) is 4.15. The van der Waals surface area contributed by atoms with E-state index >= 15 is 0 Å². The molecule has 2 N–H and O–H groups in total. The summed E-state index contributed by atoms with van der Waals surface area (Å²) in [5, 5.41) is 0. The molecule has 140 valence electrons. The van der Waals surface area contributed by atoms with Gasteiger partial charge in [-0.25, -0.2) is 0 Å². The summed E-state index contributed by atoms with van der Waals surface area (Å²) in [4.78, 5) is 0. The minimum Gasteiger partial charge on any atom is -0.412 e. The molecule has 0 aromatic carbocycles. The molecular formula is C12H32AlO7P3. The Balaban J connectivity index is 0. The highest BCUT2D eigenvalue weighted by Crippen LogP contribution is 2.55. The number of hydrogen-bond acceptors (Lipinski definition) is 6. The van der Waals surface area contributed by atoms with Gasteiger partial charge in [0, 0.05) is 37.0 Å². The van der Waals surface area contributed by atoms with Crippen molar-refractivity contribution in [1.29, 1.82) is 0 Å². The van der Waals surface area contributed by atoms with Crippen LogP contribution >= 0.6 is 22.1 Å². The Hall–Kier alpha value is 1.06. The van der Waals surface area contributed by atoms with Gasteiger partial charge >= 0.3 is 15.1 Å². The number of rotatable bonds is 12. The molecule has 0 aliphatic heterocycles. The summed E-state index contributed by atoms with van der Waals surface area (Å²) < 4.78 is 54.6. The van der Waals surface area contributed by atoms with Crippen LogP contribution < -0.4 is 0 Å². The van der Waals surface area contributed by atoms with Crippen LogP contribution in [-0.4, -0.2) is 57.6 Å². The predicted molar refractivity (Wildman–Crippen MR) is 98.7 cm³/mol. The van der Waals surface area contributed by atoms with E-state index in [4.69, 9.17) is 10.7 Å². The Morgan fingerprint density at radius 1 is 0.565 bits per heavy atom. The summed E-state index contributed by atoms with van der Waals surface area (Å²) >= 11 is -3.00. The summed E-state index contributed by atoms with van der Waals surface area (Å²) in [7, 11) is -8.65. The van der Waals surface area contributed by atoms with E-state index in [0.717, 1.165) is 0 Å². The van der Waals surface area contributed by atoms with E-state index in [-0.39, 0.29) is 5.48 Å². The van der Waals surface area contributed by atoms with Gasteiger partial charge in [0.05, 0.1) is 0 Å². The maximum absolute atomic E-state index is 12.6. The quantitative estimate of drug-likeness (QED) is 0.354. The molecule has 7 nitrogen and oxygen atoms in total. The highest BCUT2D eigenvalue weighted by Gasteiger charge is 2.46. The van der Waals surface area contributed by atoms with E-state index in [1.165, 1.54) is 0 Å². The van der Waals surface area contributed by atoms with Gasteiger partial charge in [-0.15, -0.1) is 0 Å². The highest BCUT2D eigenvalue weighted by molar-refractivity contribution is 7.63. The molecular weight excluding hydrogens is 376 g/mol. The monoisotopic (exact) mass is 408 g/mol. The third kappa shape index (κ3) is 8.82. The molecule has 0 aromatic rings. The third-order valence-electron chi connectivity index (χ3n) is 3.73. The minimum absolute atomic E-state index is 0. The zero-order chi connectivity index (χ0) is 17.4. The van der Waals surface area contributed by atoms with Gasteiger partial charge in [0.1, 0.15) is 0 Å². The van der Waals surface area contributed by atoms with E-state index in [0.29, 0.717) is 37.0 Å². The van der Waals surface area contributed by atoms with Crippen molar-refractivity contribution in [2.24, 2.45) is 0 Å². The van der Waals surface area contributed by atoms with Crippen molar-refractivity contribution in [2.45, 2.75) is 41.5 Å². The lowest BCUT2D eigenvalue weighted by molar-refractivity contribution is 0.306. The third-order valence-corrected chi connectivity index (χ3v) is 16.2. The average Bonchev–Trinajstić information content (AvgIpc) is 2.54. The van der Waals surface area contributed by atoms with Gasteiger partial charge in [-0.05, 0) is 0 Å². The summed E-state index contributed by atoms with van der Waals surface area (Å²) in [6.07, 6.45) is 2.11. The molecule has 0 spiro atoms. The van der Waals surface area contributed by atoms with Crippen molar-refractivity contribution in [3.63, 3.8) is 0 Å². The van der Waals surface area contributed by atoms with E-state index in [2.05, 4.69) is 0 Å². The van der Waals surface area contributed by atoms with E-state index in [1.54, 1.807) is 41.5 Å². The molecule has 0 aromatic heterocycles. The van der Waals surface area contributed by atoms with Crippen LogP contribution in [0.3, 0.4) is 0 Å². The van der Waals surface area contributed by atoms with Crippen LogP contribution in [0.2, 0.25) is 0 Å². The van der Waals surface area contributed by atoms with Crippen LogP contribution in [0.15, 0.2) is 0 Å². The van der Waals surface area contributed by atoms with Crippen molar-refractivity contribution in [3.05, 3.63) is 0 Å². The van der Waals surface area contributed by atoms with Gasteiger partial charge in [-0.3, -0.25) is 13.7 Å². The molecule has 11 heteroatoms. The first kappa shape index (κ1) is 26.3. The van der Waals surface area contributed by atoms with Crippen LogP contribution in [0.25, 0.3) is 0 Å². The summed E-state index contributed by atoms with van der Waals surface area (Å²) in [6, 6.07) is 0. The Labute approximate surface area is 145 Å². The lowest BCUT2D eigenvalue weighted by Crippen LogP contribution is -2.26. The molecule has 0 aliphatic carbocycles. The molecule has 0 unspecified atom stereocenters. The second kappa shape index (κ2) is 11.6. The largest absolute Gasteiger partial charge is 0.921 e. The molecule has 0 aliphatic rings. The Morgan fingerprint density at radius 2 is 0.739 bits per heavy atom. The van der Waals surface area contributed by atoms with E-state index in [9.17, 15) is 13.7 Å². The van der Waals surface area contributed by atoms with Crippen LogP contribution in [0.5, 0.6) is 0 Å². The lowest BCUT2D eigenvalue weighted by atomic mass is 11.0. The topological polar surface area (TPSA) is 110 Å². The van der Waals surface area contributed by atoms with Gasteiger partial charge in [-0.2, -0.15) is 0 Å². The van der Waals surface area contributed by atoms with Gasteiger partial charge < -0.3 is 16.2 Å². The minimum atomic E-state index is -3.00. The van der Waals surface area contributed by atoms with Gasteiger partial charge in [0.15, 0.2) is 22.1 Å². The van der Waals surface area contributed by atoms with Crippen molar-refractivity contribution in [3.8, 4) is 0 Å². The molecule has 23 heavy (non-hydrogen) atoms. The van der Waals surface area contributed by atoms with Crippen molar-refractivity contribution in [1.82, 2.24) is 0 Å². The standard InChI is InChI=1S/3C4H11O2P.Al.H2O/c3*1-3-7(5,6)4-2;;/h3*3-4H2,1-2H3,(H,5,6);;1H2/q;;;+3;/p-3. The maximum atomic E-state index is 12.6. The average molecular weight is 408 g/mol. The Kier molecular flexibility index (Phi) is 13.3. The van der Waals surface area contributed by atoms with Crippen molar-refractivity contribution < 1.29 is 29.9 Å². The fourth-order valence-electron chi connectivity index (χ4n) is 1.65. The first-order valence-electron chi connectivity index (χ1n) is 7.94. The van der Waals surface area contributed by atoms with Gasteiger partial charge in [0.2, 0.25) is 0 Å². The molecule has 0 bridgehead atoms. The van der Waals surface area contributed by atoms with E-state index < -0.39 is 37.3 Å².